The molecule has 1 fully saturated rings. The topological polar surface area (TPSA) is 58.6 Å². The zero-order valence-electron chi connectivity index (χ0n) is 13.0. The highest BCUT2D eigenvalue weighted by Crippen LogP contribution is 2.38. The fourth-order valence-electron chi connectivity index (χ4n) is 2.95. The summed E-state index contributed by atoms with van der Waals surface area (Å²) in [6.45, 7) is 3.84. The minimum atomic E-state index is -0.616. The number of benzene rings is 1. The summed E-state index contributed by atoms with van der Waals surface area (Å²) in [7, 11) is 0. The number of carbonyl (C=O) groups is 1. The van der Waals surface area contributed by atoms with E-state index < -0.39 is 5.41 Å². The molecule has 0 spiro atoms. The van der Waals surface area contributed by atoms with Crippen molar-refractivity contribution in [3.05, 3.63) is 34.9 Å². The first-order valence-electron chi connectivity index (χ1n) is 7.82. The standard InChI is InChI=1S/C17H24ClNO3/c1-13(6-9-20)12-19-16(21)17(7-10-22-11-8-17)14-4-2-3-5-15(14)18/h2-5,13,20H,6-12H2,1H3,(H,19,21). The van der Waals surface area contributed by atoms with Gasteiger partial charge in [-0.25, -0.2) is 0 Å². The molecule has 1 aromatic rings. The number of aliphatic hydroxyl groups is 1. The maximum absolute atomic E-state index is 12.9. The van der Waals surface area contributed by atoms with Gasteiger partial charge in [0.1, 0.15) is 0 Å². The highest BCUT2D eigenvalue weighted by molar-refractivity contribution is 6.31. The third-order valence-electron chi connectivity index (χ3n) is 4.40. The molecule has 2 rings (SSSR count). The van der Waals surface area contributed by atoms with Crippen molar-refractivity contribution in [3.63, 3.8) is 0 Å². The number of hydrogen-bond donors (Lipinski definition) is 2. The molecule has 1 atom stereocenters. The van der Waals surface area contributed by atoms with Crippen LogP contribution < -0.4 is 5.32 Å². The number of hydrogen-bond acceptors (Lipinski definition) is 3. The molecule has 22 heavy (non-hydrogen) atoms. The SMILES string of the molecule is CC(CCO)CNC(=O)C1(c2ccccc2Cl)CCOCC1. The van der Waals surface area contributed by atoms with Gasteiger partial charge in [0.05, 0.1) is 5.41 Å². The Morgan fingerprint density at radius 2 is 2.09 bits per heavy atom. The van der Waals surface area contributed by atoms with Crippen LogP contribution in [0, 0.1) is 5.92 Å². The number of ether oxygens (including phenoxy) is 1. The summed E-state index contributed by atoms with van der Waals surface area (Å²) in [4.78, 5) is 12.9. The Hall–Kier alpha value is -1.10. The predicted octanol–water partition coefficient (Wildman–Crippen LogP) is 2.52. The van der Waals surface area contributed by atoms with Crippen LogP contribution in [0.4, 0.5) is 0 Å². The molecule has 1 saturated heterocycles. The van der Waals surface area contributed by atoms with Crippen LogP contribution in [-0.4, -0.2) is 37.4 Å². The molecule has 1 amide bonds. The summed E-state index contributed by atoms with van der Waals surface area (Å²) < 4.78 is 5.44. The van der Waals surface area contributed by atoms with Gasteiger partial charge in [0, 0.05) is 31.4 Å². The summed E-state index contributed by atoms with van der Waals surface area (Å²) >= 11 is 6.35. The van der Waals surface area contributed by atoms with E-state index in [1.807, 2.05) is 31.2 Å². The summed E-state index contributed by atoms with van der Waals surface area (Å²) in [6.07, 6.45) is 1.95. The number of aliphatic hydroxyl groups excluding tert-OH is 1. The molecular formula is C17H24ClNO3. The van der Waals surface area contributed by atoms with Gasteiger partial charge in [-0.15, -0.1) is 0 Å². The predicted molar refractivity (Wildman–Crippen MR) is 87.1 cm³/mol. The zero-order chi connectivity index (χ0) is 16.0. The van der Waals surface area contributed by atoms with Gasteiger partial charge in [-0.05, 0) is 36.8 Å². The van der Waals surface area contributed by atoms with Gasteiger partial charge in [-0.1, -0.05) is 36.7 Å². The molecule has 4 nitrogen and oxygen atoms in total. The first-order chi connectivity index (χ1) is 10.6. The Balaban J connectivity index is 2.19. The van der Waals surface area contributed by atoms with E-state index in [0.717, 1.165) is 5.56 Å². The molecule has 2 N–H and O–H groups in total. The Morgan fingerprint density at radius 3 is 2.73 bits per heavy atom. The van der Waals surface area contributed by atoms with Gasteiger partial charge >= 0.3 is 0 Å². The van der Waals surface area contributed by atoms with E-state index in [9.17, 15) is 4.79 Å². The number of carbonyl (C=O) groups excluding carboxylic acids is 1. The molecule has 1 aliphatic rings. The molecule has 1 aliphatic heterocycles. The maximum atomic E-state index is 12.9. The Kier molecular flexibility index (Phi) is 6.24. The number of halogens is 1. The minimum Gasteiger partial charge on any atom is -0.396 e. The van der Waals surface area contributed by atoms with Crippen LogP contribution in [0.25, 0.3) is 0 Å². The van der Waals surface area contributed by atoms with Crippen molar-refractivity contribution in [2.75, 3.05) is 26.4 Å². The monoisotopic (exact) mass is 325 g/mol. The summed E-state index contributed by atoms with van der Waals surface area (Å²) in [5.41, 5.74) is 0.266. The smallest absolute Gasteiger partial charge is 0.230 e. The Bertz CT molecular complexity index is 500. The van der Waals surface area contributed by atoms with Crippen LogP contribution in [0.1, 0.15) is 31.7 Å². The molecule has 0 bridgehead atoms. The van der Waals surface area contributed by atoms with E-state index in [2.05, 4.69) is 5.32 Å². The fraction of sp³-hybridized carbons (Fsp3) is 0.588. The summed E-state index contributed by atoms with van der Waals surface area (Å²) in [6, 6.07) is 7.56. The van der Waals surface area contributed by atoms with Crippen LogP contribution in [0.5, 0.6) is 0 Å². The van der Waals surface area contributed by atoms with E-state index in [1.54, 1.807) is 0 Å². The second-order valence-electron chi connectivity index (χ2n) is 6.00. The zero-order valence-corrected chi connectivity index (χ0v) is 13.7. The highest BCUT2D eigenvalue weighted by Gasteiger charge is 2.42. The average Bonchev–Trinajstić information content (AvgIpc) is 2.54. The third-order valence-corrected chi connectivity index (χ3v) is 4.73. The minimum absolute atomic E-state index is 0.00805. The number of nitrogens with one attached hydrogen (secondary N) is 1. The lowest BCUT2D eigenvalue weighted by atomic mass is 9.73. The average molecular weight is 326 g/mol. The van der Waals surface area contributed by atoms with Gasteiger partial charge in [-0.2, -0.15) is 0 Å². The highest BCUT2D eigenvalue weighted by atomic mass is 35.5. The van der Waals surface area contributed by atoms with Crippen molar-refractivity contribution in [2.45, 2.75) is 31.6 Å². The van der Waals surface area contributed by atoms with Crippen LogP contribution in [0.2, 0.25) is 5.02 Å². The van der Waals surface area contributed by atoms with Crippen LogP contribution in [0.3, 0.4) is 0 Å². The van der Waals surface area contributed by atoms with Crippen molar-refractivity contribution in [1.82, 2.24) is 5.32 Å². The van der Waals surface area contributed by atoms with Gasteiger partial charge in [0.15, 0.2) is 0 Å². The van der Waals surface area contributed by atoms with Crippen LogP contribution in [-0.2, 0) is 14.9 Å². The summed E-state index contributed by atoms with van der Waals surface area (Å²) in [5, 5.41) is 12.6. The summed E-state index contributed by atoms with van der Waals surface area (Å²) in [5.74, 6) is 0.255. The van der Waals surface area contributed by atoms with E-state index in [1.165, 1.54) is 0 Å². The maximum Gasteiger partial charge on any atom is 0.230 e. The van der Waals surface area contributed by atoms with Crippen molar-refractivity contribution in [3.8, 4) is 0 Å². The normalized spacial score (nSPS) is 18.7. The van der Waals surface area contributed by atoms with Gasteiger partial charge in [0.25, 0.3) is 0 Å². The molecule has 0 aromatic heterocycles. The van der Waals surface area contributed by atoms with Gasteiger partial charge < -0.3 is 15.2 Å². The third kappa shape index (κ3) is 3.80. The van der Waals surface area contributed by atoms with E-state index in [0.29, 0.717) is 44.0 Å². The van der Waals surface area contributed by atoms with Crippen molar-refractivity contribution in [2.24, 2.45) is 5.92 Å². The molecule has 0 aliphatic carbocycles. The molecule has 0 radical (unpaired) electrons. The quantitative estimate of drug-likeness (QED) is 0.845. The first kappa shape index (κ1) is 17.3. The van der Waals surface area contributed by atoms with Crippen molar-refractivity contribution >= 4 is 17.5 Å². The van der Waals surface area contributed by atoms with Crippen molar-refractivity contribution < 1.29 is 14.6 Å². The second kappa shape index (κ2) is 7.95. The Labute approximate surface area is 136 Å². The largest absolute Gasteiger partial charge is 0.396 e. The molecule has 122 valence electrons. The lowest BCUT2D eigenvalue weighted by Crippen LogP contribution is -2.49. The second-order valence-corrected chi connectivity index (χ2v) is 6.41. The van der Waals surface area contributed by atoms with Crippen LogP contribution in [0.15, 0.2) is 24.3 Å². The molecule has 1 heterocycles. The lowest BCUT2D eigenvalue weighted by Gasteiger charge is -2.37. The first-order valence-corrected chi connectivity index (χ1v) is 8.20. The van der Waals surface area contributed by atoms with Crippen molar-refractivity contribution in [1.29, 1.82) is 0 Å². The molecule has 5 heteroatoms. The molecule has 0 saturated carbocycles. The van der Waals surface area contributed by atoms with E-state index in [4.69, 9.17) is 21.4 Å². The molecule has 1 unspecified atom stereocenters. The van der Waals surface area contributed by atoms with Gasteiger partial charge in [0.2, 0.25) is 5.91 Å². The van der Waals surface area contributed by atoms with E-state index >= 15 is 0 Å². The van der Waals surface area contributed by atoms with Crippen LogP contribution >= 0.6 is 11.6 Å². The number of amides is 1. The lowest BCUT2D eigenvalue weighted by molar-refractivity contribution is -0.130. The molecular weight excluding hydrogens is 302 g/mol. The fourth-order valence-corrected chi connectivity index (χ4v) is 3.26. The van der Waals surface area contributed by atoms with Gasteiger partial charge in [-0.3, -0.25) is 4.79 Å². The molecule has 1 aromatic carbocycles. The number of rotatable bonds is 6. The Morgan fingerprint density at radius 1 is 1.41 bits per heavy atom. The van der Waals surface area contributed by atoms with E-state index in [-0.39, 0.29) is 18.4 Å².